The van der Waals surface area contributed by atoms with E-state index in [1.807, 2.05) is 0 Å². The number of aromatic nitrogens is 2. The maximum Gasteiger partial charge on any atom is 0.133 e. The highest BCUT2D eigenvalue weighted by Crippen LogP contribution is 2.34. The van der Waals surface area contributed by atoms with Crippen molar-refractivity contribution >= 4 is 5.82 Å². The molecule has 0 amide bonds. The summed E-state index contributed by atoms with van der Waals surface area (Å²) in [5.41, 5.74) is 12.2. The third kappa shape index (κ3) is 2.32. The first-order valence-electron chi connectivity index (χ1n) is 6.02. The molecule has 1 aliphatic rings. The molecule has 1 saturated carbocycles. The maximum atomic E-state index is 5.83. The minimum Gasteiger partial charge on any atom is -0.383 e. The third-order valence-corrected chi connectivity index (χ3v) is 3.52. The van der Waals surface area contributed by atoms with Gasteiger partial charge < -0.3 is 11.5 Å². The number of rotatable bonds is 2. The second-order valence-corrected chi connectivity index (χ2v) is 4.80. The van der Waals surface area contributed by atoms with Crippen LogP contribution in [0.3, 0.4) is 0 Å². The number of nitrogens with two attached hydrogens (primary N) is 2. The molecule has 0 spiro atoms. The molecular weight excluding hydrogens is 200 g/mol. The fourth-order valence-corrected chi connectivity index (χ4v) is 2.31. The monoisotopic (exact) mass is 220 g/mol. The molecule has 0 aromatic carbocycles. The van der Waals surface area contributed by atoms with Gasteiger partial charge in [0.15, 0.2) is 0 Å². The van der Waals surface area contributed by atoms with Gasteiger partial charge in [-0.2, -0.15) is 0 Å². The third-order valence-electron chi connectivity index (χ3n) is 3.52. The van der Waals surface area contributed by atoms with E-state index in [0.717, 1.165) is 17.3 Å². The van der Waals surface area contributed by atoms with Crippen molar-refractivity contribution in [3.05, 3.63) is 17.6 Å². The fraction of sp³-hybridized carbons (Fsp3) is 0.667. The van der Waals surface area contributed by atoms with Crippen molar-refractivity contribution in [2.24, 2.45) is 11.7 Å². The Morgan fingerprint density at radius 3 is 2.56 bits per heavy atom. The minimum atomic E-state index is 0.411. The first-order chi connectivity index (χ1) is 7.70. The number of hydrogen-bond donors (Lipinski definition) is 2. The molecule has 1 heterocycles. The van der Waals surface area contributed by atoms with Gasteiger partial charge in [0.05, 0.1) is 0 Å². The van der Waals surface area contributed by atoms with Gasteiger partial charge in [-0.15, -0.1) is 0 Å². The number of anilines is 1. The highest BCUT2D eigenvalue weighted by atomic mass is 15.0. The molecule has 0 saturated heterocycles. The van der Waals surface area contributed by atoms with Crippen LogP contribution in [0.15, 0.2) is 6.20 Å². The molecule has 4 N–H and O–H groups in total. The Morgan fingerprint density at radius 1 is 1.31 bits per heavy atom. The summed E-state index contributed by atoms with van der Waals surface area (Å²) in [6, 6.07) is 0. The van der Waals surface area contributed by atoms with Gasteiger partial charge in [-0.25, -0.2) is 9.97 Å². The quantitative estimate of drug-likeness (QED) is 0.796. The average Bonchev–Trinajstić information content (AvgIpc) is 2.30. The van der Waals surface area contributed by atoms with Crippen molar-refractivity contribution < 1.29 is 0 Å². The van der Waals surface area contributed by atoms with Crippen LogP contribution < -0.4 is 11.5 Å². The highest BCUT2D eigenvalue weighted by Gasteiger charge is 2.22. The molecule has 0 unspecified atom stereocenters. The number of nitrogen functional groups attached to an aromatic ring is 1. The smallest absolute Gasteiger partial charge is 0.133 e. The molecule has 1 aromatic rings. The van der Waals surface area contributed by atoms with Crippen LogP contribution >= 0.6 is 0 Å². The van der Waals surface area contributed by atoms with Crippen molar-refractivity contribution in [3.8, 4) is 0 Å². The van der Waals surface area contributed by atoms with Gasteiger partial charge in [-0.1, -0.05) is 19.8 Å². The normalized spacial score (nSPS) is 25.6. The van der Waals surface area contributed by atoms with E-state index in [0.29, 0.717) is 18.3 Å². The second-order valence-electron chi connectivity index (χ2n) is 4.80. The van der Waals surface area contributed by atoms with Crippen LogP contribution in [0.1, 0.15) is 49.9 Å². The number of hydrogen-bond acceptors (Lipinski definition) is 4. The summed E-state index contributed by atoms with van der Waals surface area (Å²) in [5.74, 6) is 2.79. The summed E-state index contributed by atoms with van der Waals surface area (Å²) in [6.45, 7) is 2.72. The molecule has 4 heteroatoms. The Balaban J connectivity index is 2.12. The molecule has 0 bridgehead atoms. The zero-order valence-corrected chi connectivity index (χ0v) is 9.82. The summed E-state index contributed by atoms with van der Waals surface area (Å²) in [5, 5.41) is 0. The Bertz CT molecular complexity index is 356. The Morgan fingerprint density at radius 2 is 2.00 bits per heavy atom. The molecular formula is C12H20N4. The van der Waals surface area contributed by atoms with E-state index in [1.54, 1.807) is 6.20 Å². The molecule has 4 nitrogen and oxygen atoms in total. The van der Waals surface area contributed by atoms with Crippen molar-refractivity contribution in [2.45, 2.75) is 45.1 Å². The van der Waals surface area contributed by atoms with E-state index in [4.69, 9.17) is 11.5 Å². The van der Waals surface area contributed by atoms with Gasteiger partial charge in [0, 0.05) is 24.2 Å². The van der Waals surface area contributed by atoms with Crippen LogP contribution in [-0.4, -0.2) is 9.97 Å². The molecule has 0 radical (unpaired) electrons. The summed E-state index contributed by atoms with van der Waals surface area (Å²) < 4.78 is 0. The lowest BCUT2D eigenvalue weighted by atomic mass is 9.82. The van der Waals surface area contributed by atoms with E-state index in [2.05, 4.69) is 16.9 Å². The van der Waals surface area contributed by atoms with Crippen LogP contribution in [0.2, 0.25) is 0 Å². The van der Waals surface area contributed by atoms with Crippen molar-refractivity contribution in [2.75, 3.05) is 5.73 Å². The van der Waals surface area contributed by atoms with Crippen molar-refractivity contribution in [1.29, 1.82) is 0 Å². The molecule has 0 aliphatic heterocycles. The standard InChI is InChI=1S/C12H20N4/c1-8-2-4-9(5-3-8)12-15-7-10(6-13)11(14)16-12/h7-9H,2-6,13H2,1H3,(H2,14,15,16). The summed E-state index contributed by atoms with van der Waals surface area (Å²) >= 11 is 0. The van der Waals surface area contributed by atoms with Crippen LogP contribution in [-0.2, 0) is 6.54 Å². The highest BCUT2D eigenvalue weighted by molar-refractivity contribution is 5.37. The van der Waals surface area contributed by atoms with Gasteiger partial charge in [0.1, 0.15) is 11.6 Å². The zero-order chi connectivity index (χ0) is 11.5. The summed E-state index contributed by atoms with van der Waals surface area (Å²) in [4.78, 5) is 8.77. The Kier molecular flexibility index (Phi) is 3.39. The molecule has 1 aliphatic carbocycles. The van der Waals surface area contributed by atoms with E-state index >= 15 is 0 Å². The predicted molar refractivity (Wildman–Crippen MR) is 64.7 cm³/mol. The van der Waals surface area contributed by atoms with E-state index in [-0.39, 0.29) is 0 Å². The van der Waals surface area contributed by atoms with Crippen LogP contribution in [0.4, 0.5) is 5.82 Å². The molecule has 1 aromatic heterocycles. The summed E-state index contributed by atoms with van der Waals surface area (Å²) in [6.07, 6.45) is 6.68. The number of nitrogens with zero attached hydrogens (tertiary/aromatic N) is 2. The van der Waals surface area contributed by atoms with Gasteiger partial charge >= 0.3 is 0 Å². The lowest BCUT2D eigenvalue weighted by molar-refractivity contribution is 0.339. The van der Waals surface area contributed by atoms with E-state index < -0.39 is 0 Å². The Labute approximate surface area is 96.5 Å². The van der Waals surface area contributed by atoms with Gasteiger partial charge in [0.2, 0.25) is 0 Å². The van der Waals surface area contributed by atoms with Gasteiger partial charge in [-0.3, -0.25) is 0 Å². The van der Waals surface area contributed by atoms with Gasteiger partial charge in [0.25, 0.3) is 0 Å². The fourth-order valence-electron chi connectivity index (χ4n) is 2.31. The second kappa shape index (κ2) is 4.78. The van der Waals surface area contributed by atoms with E-state index in [1.165, 1.54) is 25.7 Å². The SMILES string of the molecule is CC1CCC(c2ncc(CN)c(N)n2)CC1. The van der Waals surface area contributed by atoms with E-state index in [9.17, 15) is 0 Å². The molecule has 2 rings (SSSR count). The predicted octanol–water partition coefficient (Wildman–Crippen LogP) is 1.81. The first-order valence-corrected chi connectivity index (χ1v) is 6.02. The van der Waals surface area contributed by atoms with Crippen LogP contribution in [0.25, 0.3) is 0 Å². The first kappa shape index (κ1) is 11.3. The molecule has 1 fully saturated rings. The lowest BCUT2D eigenvalue weighted by Crippen LogP contribution is -2.15. The largest absolute Gasteiger partial charge is 0.383 e. The summed E-state index contributed by atoms with van der Waals surface area (Å²) in [7, 11) is 0. The van der Waals surface area contributed by atoms with Gasteiger partial charge in [-0.05, 0) is 18.8 Å². The van der Waals surface area contributed by atoms with Crippen molar-refractivity contribution in [1.82, 2.24) is 9.97 Å². The minimum absolute atomic E-state index is 0.411. The molecule has 88 valence electrons. The Hall–Kier alpha value is -1.16. The zero-order valence-electron chi connectivity index (χ0n) is 9.82. The molecule has 16 heavy (non-hydrogen) atoms. The average molecular weight is 220 g/mol. The van der Waals surface area contributed by atoms with Crippen LogP contribution in [0.5, 0.6) is 0 Å². The van der Waals surface area contributed by atoms with Crippen molar-refractivity contribution in [3.63, 3.8) is 0 Å². The molecule has 0 atom stereocenters. The topological polar surface area (TPSA) is 77.8 Å². The van der Waals surface area contributed by atoms with Crippen LogP contribution in [0, 0.1) is 5.92 Å². The maximum absolute atomic E-state index is 5.83. The lowest BCUT2D eigenvalue weighted by Gasteiger charge is -2.25.